The Morgan fingerprint density at radius 2 is 2.23 bits per heavy atom. The molecule has 0 aliphatic carbocycles. The molecule has 2 N–H and O–H groups in total. The van der Waals surface area contributed by atoms with Gasteiger partial charge in [-0.05, 0) is 36.0 Å². The van der Waals surface area contributed by atoms with Crippen molar-refractivity contribution in [3.8, 4) is 0 Å². The van der Waals surface area contributed by atoms with E-state index in [1.807, 2.05) is 0 Å². The van der Waals surface area contributed by atoms with Gasteiger partial charge in [-0.15, -0.1) is 0 Å². The lowest BCUT2D eigenvalue weighted by molar-refractivity contribution is -0.144. The summed E-state index contributed by atoms with van der Waals surface area (Å²) in [6.45, 7) is 2.97. The number of likely N-dealkylation sites (tertiary alicyclic amines) is 1. The summed E-state index contributed by atoms with van der Waals surface area (Å²) >= 11 is 0. The SMILES string of the molecule is Cc1c(C(=O)NCC(=O)OCCN2CCCC2=O)ccc2c1B(O)OC2. The van der Waals surface area contributed by atoms with Crippen LogP contribution in [0.15, 0.2) is 12.1 Å². The van der Waals surface area contributed by atoms with Crippen molar-refractivity contribution in [2.75, 3.05) is 26.2 Å². The number of carbonyl (C=O) groups is 3. The summed E-state index contributed by atoms with van der Waals surface area (Å²) in [6.07, 6.45) is 1.38. The zero-order valence-electron chi connectivity index (χ0n) is 14.6. The van der Waals surface area contributed by atoms with Crippen LogP contribution in [-0.2, 0) is 25.6 Å². The average Bonchev–Trinajstić information content (AvgIpc) is 3.19. The van der Waals surface area contributed by atoms with Crippen LogP contribution in [0.1, 0.15) is 34.3 Å². The third-order valence-corrected chi connectivity index (χ3v) is 4.68. The maximum atomic E-state index is 12.3. The molecule has 0 saturated carbocycles. The van der Waals surface area contributed by atoms with Crippen LogP contribution in [-0.4, -0.2) is 61.1 Å². The van der Waals surface area contributed by atoms with Crippen LogP contribution in [0.5, 0.6) is 0 Å². The third kappa shape index (κ3) is 3.89. The quantitative estimate of drug-likeness (QED) is 0.504. The molecule has 0 radical (unpaired) electrons. The number of amides is 2. The lowest BCUT2D eigenvalue weighted by atomic mass is 9.75. The van der Waals surface area contributed by atoms with Gasteiger partial charge >= 0.3 is 13.1 Å². The molecule has 26 heavy (non-hydrogen) atoms. The Morgan fingerprint density at radius 3 is 2.96 bits per heavy atom. The minimum absolute atomic E-state index is 0.0765. The van der Waals surface area contributed by atoms with E-state index >= 15 is 0 Å². The Morgan fingerprint density at radius 1 is 1.42 bits per heavy atom. The van der Waals surface area contributed by atoms with Gasteiger partial charge in [0.1, 0.15) is 13.2 Å². The van der Waals surface area contributed by atoms with Gasteiger partial charge in [0.05, 0.1) is 13.2 Å². The molecule has 0 spiro atoms. The number of hydrogen-bond donors (Lipinski definition) is 2. The van der Waals surface area contributed by atoms with Gasteiger partial charge in [0.2, 0.25) is 5.91 Å². The highest BCUT2D eigenvalue weighted by molar-refractivity contribution is 6.62. The first-order valence-electron chi connectivity index (χ1n) is 8.61. The summed E-state index contributed by atoms with van der Waals surface area (Å²) in [5, 5.41) is 12.4. The Labute approximate surface area is 151 Å². The van der Waals surface area contributed by atoms with Crippen molar-refractivity contribution in [2.24, 2.45) is 0 Å². The van der Waals surface area contributed by atoms with E-state index in [1.54, 1.807) is 24.0 Å². The van der Waals surface area contributed by atoms with E-state index in [0.717, 1.165) is 12.0 Å². The maximum Gasteiger partial charge on any atom is 0.492 e. The molecule has 1 saturated heterocycles. The Kier molecular flexibility index (Phi) is 5.58. The van der Waals surface area contributed by atoms with Gasteiger partial charge in [-0.3, -0.25) is 14.4 Å². The van der Waals surface area contributed by atoms with Crippen molar-refractivity contribution < 1.29 is 28.8 Å². The van der Waals surface area contributed by atoms with Crippen molar-refractivity contribution in [3.05, 3.63) is 28.8 Å². The van der Waals surface area contributed by atoms with E-state index < -0.39 is 19.0 Å². The molecule has 3 rings (SSSR count). The van der Waals surface area contributed by atoms with E-state index in [0.29, 0.717) is 42.7 Å². The Balaban J connectivity index is 1.47. The zero-order valence-corrected chi connectivity index (χ0v) is 14.6. The first-order chi connectivity index (χ1) is 12.5. The van der Waals surface area contributed by atoms with Crippen LogP contribution in [0.2, 0.25) is 0 Å². The highest BCUT2D eigenvalue weighted by Crippen LogP contribution is 2.16. The molecule has 2 aliphatic heterocycles. The van der Waals surface area contributed by atoms with E-state index in [4.69, 9.17) is 9.39 Å². The van der Waals surface area contributed by atoms with Gasteiger partial charge in [0, 0.05) is 18.5 Å². The predicted octanol–water partition coefficient (Wildman–Crippen LogP) is -0.892. The predicted molar refractivity (Wildman–Crippen MR) is 92.7 cm³/mol. The number of carbonyl (C=O) groups excluding carboxylic acids is 3. The second-order valence-electron chi connectivity index (χ2n) is 6.36. The van der Waals surface area contributed by atoms with Gasteiger partial charge in [0.15, 0.2) is 0 Å². The fourth-order valence-corrected chi connectivity index (χ4v) is 3.26. The molecule has 1 fully saturated rings. The molecule has 138 valence electrons. The first-order valence-corrected chi connectivity index (χ1v) is 8.61. The highest BCUT2D eigenvalue weighted by atomic mass is 16.5. The van der Waals surface area contributed by atoms with Gasteiger partial charge in [-0.1, -0.05) is 6.07 Å². The summed E-state index contributed by atoms with van der Waals surface area (Å²) in [6, 6.07) is 3.38. The second-order valence-corrected chi connectivity index (χ2v) is 6.36. The van der Waals surface area contributed by atoms with Gasteiger partial charge in [-0.2, -0.15) is 0 Å². The van der Waals surface area contributed by atoms with Gasteiger partial charge in [-0.25, -0.2) is 0 Å². The van der Waals surface area contributed by atoms with Crippen molar-refractivity contribution in [2.45, 2.75) is 26.4 Å². The van der Waals surface area contributed by atoms with Crippen molar-refractivity contribution in [3.63, 3.8) is 0 Å². The van der Waals surface area contributed by atoms with E-state index in [9.17, 15) is 19.4 Å². The number of rotatable bonds is 6. The Bertz CT molecular complexity index is 738. The summed E-state index contributed by atoms with van der Waals surface area (Å²) in [4.78, 5) is 37.2. The van der Waals surface area contributed by atoms with E-state index in [1.165, 1.54) is 0 Å². The smallest absolute Gasteiger partial charge is 0.462 e. The molecule has 8 nitrogen and oxygen atoms in total. The molecule has 0 bridgehead atoms. The van der Waals surface area contributed by atoms with Crippen LogP contribution in [0.4, 0.5) is 0 Å². The lowest BCUT2D eigenvalue weighted by Crippen LogP contribution is -2.36. The third-order valence-electron chi connectivity index (χ3n) is 4.68. The van der Waals surface area contributed by atoms with E-state index in [2.05, 4.69) is 5.32 Å². The molecule has 2 heterocycles. The fraction of sp³-hybridized carbons (Fsp3) is 0.471. The van der Waals surface area contributed by atoms with Crippen LogP contribution >= 0.6 is 0 Å². The summed E-state index contributed by atoms with van der Waals surface area (Å²) in [5.74, 6) is -0.907. The molecule has 9 heteroatoms. The maximum absolute atomic E-state index is 12.3. The number of ether oxygens (including phenoxy) is 1. The normalized spacial score (nSPS) is 16.0. The molecular weight excluding hydrogens is 339 g/mol. The average molecular weight is 360 g/mol. The summed E-state index contributed by atoms with van der Waals surface area (Å²) < 4.78 is 10.2. The van der Waals surface area contributed by atoms with Crippen molar-refractivity contribution in [1.82, 2.24) is 10.2 Å². The van der Waals surface area contributed by atoms with Gasteiger partial charge in [0.25, 0.3) is 5.91 Å². The van der Waals surface area contributed by atoms with Crippen LogP contribution in [0.3, 0.4) is 0 Å². The Hall–Kier alpha value is -2.39. The van der Waals surface area contributed by atoms with Crippen LogP contribution in [0, 0.1) is 6.92 Å². The molecule has 0 aromatic heterocycles. The number of esters is 1. The zero-order chi connectivity index (χ0) is 18.7. The van der Waals surface area contributed by atoms with Gasteiger partial charge < -0.3 is 24.6 Å². The first kappa shape index (κ1) is 18.4. The number of nitrogens with one attached hydrogen (secondary N) is 1. The number of hydrogen-bond acceptors (Lipinski definition) is 6. The van der Waals surface area contributed by atoms with Crippen LogP contribution in [0.25, 0.3) is 0 Å². The molecule has 0 atom stereocenters. The molecule has 0 unspecified atom stereocenters. The monoisotopic (exact) mass is 360 g/mol. The standard InChI is InChI=1S/C17H21BN2O6/c1-11-13(5-4-12-10-26-18(24)16(11)12)17(23)19-9-15(22)25-8-7-20-6-2-3-14(20)21/h4-5,24H,2-3,6-10H2,1H3,(H,19,23). The molecule has 1 aromatic carbocycles. The van der Waals surface area contributed by atoms with Crippen LogP contribution < -0.4 is 10.8 Å². The summed E-state index contributed by atoms with van der Waals surface area (Å²) in [7, 11) is -1.03. The molecule has 1 aromatic rings. The molecular formula is C17H21BN2O6. The molecule has 2 aliphatic rings. The summed E-state index contributed by atoms with van der Waals surface area (Å²) in [5.41, 5.74) is 2.47. The number of fused-ring (bicyclic) bond motifs is 1. The topological polar surface area (TPSA) is 105 Å². The fourth-order valence-electron chi connectivity index (χ4n) is 3.26. The number of benzene rings is 1. The lowest BCUT2D eigenvalue weighted by Gasteiger charge is -2.15. The largest absolute Gasteiger partial charge is 0.492 e. The van der Waals surface area contributed by atoms with Crippen molar-refractivity contribution in [1.29, 1.82) is 0 Å². The molecule has 2 amide bonds. The number of nitrogens with zero attached hydrogens (tertiary/aromatic N) is 1. The van der Waals surface area contributed by atoms with Crippen molar-refractivity contribution >= 4 is 30.4 Å². The minimum atomic E-state index is -1.03. The minimum Gasteiger partial charge on any atom is -0.462 e. The highest BCUT2D eigenvalue weighted by Gasteiger charge is 2.31. The van der Waals surface area contributed by atoms with E-state index in [-0.39, 0.29) is 19.1 Å². The second kappa shape index (κ2) is 7.88.